The summed E-state index contributed by atoms with van der Waals surface area (Å²) in [5.74, 6) is 1.05. The molecule has 2 aromatic rings. The Hall–Kier alpha value is -1.15. The molecule has 122 valence electrons. The van der Waals surface area contributed by atoms with Gasteiger partial charge in [-0.2, -0.15) is 0 Å². The van der Waals surface area contributed by atoms with Gasteiger partial charge in [0.05, 0.1) is 6.10 Å². The predicted molar refractivity (Wildman–Crippen MR) is 101 cm³/mol. The molecule has 0 saturated carbocycles. The van der Waals surface area contributed by atoms with Crippen LogP contribution in [0, 0.1) is 0 Å². The monoisotopic (exact) mass is 327 g/mol. The van der Waals surface area contributed by atoms with Crippen LogP contribution in [0.3, 0.4) is 0 Å². The molecule has 4 rings (SSSR count). The molecule has 0 aromatic heterocycles. The second-order valence-electron chi connectivity index (χ2n) is 7.25. The maximum absolute atomic E-state index is 6.07. The maximum Gasteiger partial charge on any atom is 0.163 e. The molecule has 0 radical (unpaired) electrons. The van der Waals surface area contributed by atoms with Gasteiger partial charge >= 0.3 is 0 Å². The van der Waals surface area contributed by atoms with Crippen LogP contribution in [0.4, 0.5) is 0 Å². The van der Waals surface area contributed by atoms with Gasteiger partial charge in [-0.15, -0.1) is 0 Å². The summed E-state index contributed by atoms with van der Waals surface area (Å²) in [6.45, 7) is 4.21. The average molecular weight is 328 g/mol. The lowest BCUT2D eigenvalue weighted by Crippen LogP contribution is -2.40. The first-order chi connectivity index (χ1) is 11.2. The first-order valence-corrected chi connectivity index (χ1v) is 10.5. The molecule has 0 atom stereocenters. The van der Waals surface area contributed by atoms with Gasteiger partial charge in [0.2, 0.25) is 0 Å². The third-order valence-corrected chi connectivity index (χ3v) is 8.53. The zero-order chi connectivity index (χ0) is 15.8. The molecular formula is C21H27OS+. The maximum atomic E-state index is 6.07. The van der Waals surface area contributed by atoms with Gasteiger partial charge in [-0.3, -0.25) is 0 Å². The summed E-state index contributed by atoms with van der Waals surface area (Å²) in [6.07, 6.45) is 8.89. The second kappa shape index (κ2) is 6.39. The minimum atomic E-state index is 0.223. The zero-order valence-corrected chi connectivity index (χ0v) is 15.1. The van der Waals surface area contributed by atoms with Crippen molar-refractivity contribution in [3.63, 3.8) is 0 Å². The van der Waals surface area contributed by atoms with E-state index in [0.717, 1.165) is 16.2 Å². The smallest absolute Gasteiger partial charge is 0.163 e. The molecule has 2 saturated heterocycles. The van der Waals surface area contributed by atoms with Crippen LogP contribution in [-0.2, 0) is 10.9 Å². The van der Waals surface area contributed by atoms with E-state index >= 15 is 0 Å². The van der Waals surface area contributed by atoms with E-state index in [9.17, 15) is 0 Å². The standard InChI is InChI=1S/C21H27OS/c1-15(2)22-20-13-14-21(19-12-4-3-11-18(19)20)23-16-7-5-8-17(23)10-6-9-16/h3-4,11-17H,5-10H2,1-2H3/q+1. The van der Waals surface area contributed by atoms with E-state index in [1.165, 1.54) is 49.3 Å². The molecule has 2 fully saturated rings. The van der Waals surface area contributed by atoms with E-state index < -0.39 is 0 Å². The normalized spacial score (nSPS) is 27.3. The van der Waals surface area contributed by atoms with E-state index in [1.54, 1.807) is 4.90 Å². The summed E-state index contributed by atoms with van der Waals surface area (Å²) in [5, 5.41) is 4.60. The van der Waals surface area contributed by atoms with Gasteiger partial charge in [-0.05, 0) is 70.6 Å². The molecule has 2 heterocycles. The molecule has 2 aliphatic heterocycles. The van der Waals surface area contributed by atoms with Crippen molar-refractivity contribution in [2.24, 2.45) is 0 Å². The number of ether oxygens (including phenoxy) is 1. The zero-order valence-electron chi connectivity index (χ0n) is 14.3. The predicted octanol–water partition coefficient (Wildman–Crippen LogP) is 5.71. The van der Waals surface area contributed by atoms with E-state index in [-0.39, 0.29) is 6.10 Å². The molecule has 1 nitrogen and oxygen atoms in total. The summed E-state index contributed by atoms with van der Waals surface area (Å²) in [7, 11) is 0.445. The van der Waals surface area contributed by atoms with Gasteiger partial charge in [-0.25, -0.2) is 0 Å². The van der Waals surface area contributed by atoms with Crippen LogP contribution >= 0.6 is 0 Å². The van der Waals surface area contributed by atoms with Crippen molar-refractivity contribution in [2.45, 2.75) is 73.9 Å². The highest BCUT2D eigenvalue weighted by molar-refractivity contribution is 7.98. The first-order valence-electron chi connectivity index (χ1n) is 9.14. The quantitative estimate of drug-likeness (QED) is 0.656. The summed E-state index contributed by atoms with van der Waals surface area (Å²) in [6, 6.07) is 13.5. The Morgan fingerprint density at radius 3 is 2.09 bits per heavy atom. The lowest BCUT2D eigenvalue weighted by Gasteiger charge is -2.35. The molecule has 2 aromatic carbocycles. The average Bonchev–Trinajstić information content (AvgIpc) is 2.54. The van der Waals surface area contributed by atoms with Crippen molar-refractivity contribution in [3.8, 4) is 5.75 Å². The minimum Gasteiger partial charge on any atom is -0.490 e. The van der Waals surface area contributed by atoms with Crippen LogP contribution in [0.15, 0.2) is 41.3 Å². The van der Waals surface area contributed by atoms with Crippen molar-refractivity contribution >= 4 is 21.7 Å². The Labute approximate surface area is 142 Å². The highest BCUT2D eigenvalue weighted by Gasteiger charge is 2.46. The number of hydrogen-bond donors (Lipinski definition) is 0. The van der Waals surface area contributed by atoms with Gasteiger partial charge in [-0.1, -0.05) is 18.2 Å². The Morgan fingerprint density at radius 1 is 0.870 bits per heavy atom. The fourth-order valence-electron chi connectivity index (χ4n) is 4.38. The Balaban J connectivity index is 1.81. The fourth-order valence-corrected chi connectivity index (χ4v) is 7.98. The minimum absolute atomic E-state index is 0.223. The lowest BCUT2D eigenvalue weighted by atomic mass is 9.99. The van der Waals surface area contributed by atoms with Crippen LogP contribution in [0.2, 0.25) is 0 Å². The Morgan fingerprint density at radius 2 is 1.48 bits per heavy atom. The molecular weight excluding hydrogens is 300 g/mol. The molecule has 2 aliphatic rings. The van der Waals surface area contributed by atoms with E-state index in [4.69, 9.17) is 4.74 Å². The molecule has 0 aliphatic carbocycles. The van der Waals surface area contributed by atoms with Crippen molar-refractivity contribution < 1.29 is 4.74 Å². The highest BCUT2D eigenvalue weighted by atomic mass is 32.2. The van der Waals surface area contributed by atoms with Crippen molar-refractivity contribution in [2.75, 3.05) is 0 Å². The fraction of sp³-hybridized carbons (Fsp3) is 0.524. The van der Waals surface area contributed by atoms with Crippen LogP contribution in [0.5, 0.6) is 5.75 Å². The van der Waals surface area contributed by atoms with E-state index in [0.29, 0.717) is 10.9 Å². The Bertz CT molecular complexity index is 671. The molecule has 2 bridgehead atoms. The number of rotatable bonds is 3. The van der Waals surface area contributed by atoms with E-state index in [2.05, 4.69) is 50.2 Å². The van der Waals surface area contributed by atoms with Gasteiger partial charge < -0.3 is 4.74 Å². The SMILES string of the molecule is CC(C)Oc1ccc([S+]2C3CCCC2CCC3)c2ccccc12. The van der Waals surface area contributed by atoms with Gasteiger partial charge in [0.15, 0.2) is 4.90 Å². The lowest BCUT2D eigenvalue weighted by molar-refractivity contribution is 0.245. The van der Waals surface area contributed by atoms with Crippen molar-refractivity contribution in [1.82, 2.24) is 0 Å². The van der Waals surface area contributed by atoms with Crippen LogP contribution < -0.4 is 4.74 Å². The third-order valence-electron chi connectivity index (χ3n) is 5.28. The van der Waals surface area contributed by atoms with Crippen LogP contribution in [0.25, 0.3) is 10.8 Å². The largest absolute Gasteiger partial charge is 0.490 e. The molecule has 0 unspecified atom stereocenters. The van der Waals surface area contributed by atoms with E-state index in [1.807, 2.05) is 0 Å². The summed E-state index contributed by atoms with van der Waals surface area (Å²) in [5.41, 5.74) is 0. The van der Waals surface area contributed by atoms with Gasteiger partial charge in [0.25, 0.3) is 0 Å². The van der Waals surface area contributed by atoms with Crippen molar-refractivity contribution in [3.05, 3.63) is 36.4 Å². The molecule has 2 heteroatoms. The van der Waals surface area contributed by atoms with Crippen LogP contribution in [-0.4, -0.2) is 16.6 Å². The van der Waals surface area contributed by atoms with Gasteiger partial charge in [0, 0.05) is 21.7 Å². The topological polar surface area (TPSA) is 9.23 Å². The summed E-state index contributed by atoms with van der Waals surface area (Å²) >= 11 is 0. The highest BCUT2D eigenvalue weighted by Crippen LogP contribution is 2.45. The molecule has 0 N–H and O–H groups in total. The van der Waals surface area contributed by atoms with Gasteiger partial charge in [0.1, 0.15) is 16.2 Å². The number of hydrogen-bond acceptors (Lipinski definition) is 1. The van der Waals surface area contributed by atoms with Crippen LogP contribution in [0.1, 0.15) is 52.4 Å². The molecule has 0 spiro atoms. The van der Waals surface area contributed by atoms with Crippen molar-refractivity contribution in [1.29, 1.82) is 0 Å². The number of fused-ring (bicyclic) bond motifs is 3. The molecule has 0 amide bonds. The summed E-state index contributed by atoms with van der Waals surface area (Å²) < 4.78 is 6.07. The first kappa shape index (κ1) is 15.4. The third kappa shape index (κ3) is 2.87. The molecule has 23 heavy (non-hydrogen) atoms. The number of benzene rings is 2. The second-order valence-corrected chi connectivity index (χ2v) is 9.77. The Kier molecular flexibility index (Phi) is 4.27. The summed E-state index contributed by atoms with van der Waals surface area (Å²) in [4.78, 5) is 1.62.